The molecule has 1 aliphatic heterocycles. The second-order valence-corrected chi connectivity index (χ2v) is 4.05. The fraction of sp³-hybridized carbons (Fsp3) is 0.231. The second-order valence-electron chi connectivity index (χ2n) is 4.05. The fourth-order valence-corrected chi connectivity index (χ4v) is 2.07. The van der Waals surface area contributed by atoms with Gasteiger partial charge in [0.05, 0.1) is 17.6 Å². The lowest BCUT2D eigenvalue weighted by Crippen LogP contribution is -2.20. The van der Waals surface area contributed by atoms with Crippen LogP contribution in [-0.4, -0.2) is 28.1 Å². The third kappa shape index (κ3) is 1.99. The minimum absolute atomic E-state index is 0.926. The molecular weight excluding hydrogens is 212 g/mol. The molecule has 4 heteroatoms. The van der Waals surface area contributed by atoms with E-state index in [0.717, 1.165) is 30.9 Å². The predicted molar refractivity (Wildman–Crippen MR) is 66.8 cm³/mol. The fourth-order valence-electron chi connectivity index (χ4n) is 2.07. The summed E-state index contributed by atoms with van der Waals surface area (Å²) in [7, 11) is 0. The van der Waals surface area contributed by atoms with Crippen molar-refractivity contribution in [1.82, 2.24) is 20.3 Å². The summed E-state index contributed by atoms with van der Waals surface area (Å²) in [6.45, 7) is 1.95. The molecule has 1 aromatic heterocycles. The van der Waals surface area contributed by atoms with Crippen LogP contribution in [0.25, 0.3) is 11.3 Å². The Bertz CT molecular complexity index is 527. The third-order valence-electron chi connectivity index (χ3n) is 2.94. The highest BCUT2D eigenvalue weighted by Gasteiger charge is 2.12. The Morgan fingerprint density at radius 2 is 2.06 bits per heavy atom. The molecule has 3 rings (SSSR count). The van der Waals surface area contributed by atoms with Gasteiger partial charge in [0.25, 0.3) is 0 Å². The Morgan fingerprint density at radius 1 is 1.18 bits per heavy atom. The summed E-state index contributed by atoms with van der Waals surface area (Å²) in [5.41, 5.74) is 3.47. The molecule has 86 valence electrons. The lowest BCUT2D eigenvalue weighted by molar-refractivity contribution is 0.728. The van der Waals surface area contributed by atoms with E-state index in [4.69, 9.17) is 0 Å². The van der Waals surface area contributed by atoms with Crippen molar-refractivity contribution in [2.45, 2.75) is 6.42 Å². The van der Waals surface area contributed by atoms with Crippen LogP contribution in [0.5, 0.6) is 0 Å². The predicted octanol–water partition coefficient (Wildman–Crippen LogP) is 1.64. The van der Waals surface area contributed by atoms with Crippen LogP contribution < -0.4 is 5.32 Å². The smallest absolute Gasteiger partial charge is 0.0901 e. The van der Waals surface area contributed by atoms with Gasteiger partial charge in [0.15, 0.2) is 0 Å². The number of nitrogens with zero attached hydrogens (tertiary/aromatic N) is 3. The summed E-state index contributed by atoms with van der Waals surface area (Å²) in [6, 6.07) is 10.1. The van der Waals surface area contributed by atoms with Crippen molar-refractivity contribution in [2.75, 3.05) is 13.1 Å². The van der Waals surface area contributed by atoms with Crippen LogP contribution in [0, 0.1) is 0 Å². The topological polar surface area (TPSA) is 42.7 Å². The first-order valence-corrected chi connectivity index (χ1v) is 5.81. The minimum atomic E-state index is 0.926. The van der Waals surface area contributed by atoms with E-state index in [2.05, 4.69) is 21.7 Å². The van der Waals surface area contributed by atoms with Crippen molar-refractivity contribution < 1.29 is 0 Å². The summed E-state index contributed by atoms with van der Waals surface area (Å²) >= 11 is 0. The molecule has 17 heavy (non-hydrogen) atoms. The van der Waals surface area contributed by atoms with Gasteiger partial charge in [0.2, 0.25) is 0 Å². The molecule has 1 aromatic carbocycles. The summed E-state index contributed by atoms with van der Waals surface area (Å²) in [5, 5.41) is 11.5. The van der Waals surface area contributed by atoms with Crippen LogP contribution in [0.3, 0.4) is 0 Å². The molecule has 0 atom stereocenters. The molecule has 0 amide bonds. The van der Waals surface area contributed by atoms with Gasteiger partial charge in [-0.05, 0) is 30.7 Å². The summed E-state index contributed by atoms with van der Waals surface area (Å²) in [6.07, 6.45) is 5.08. The Balaban J connectivity index is 2.02. The zero-order valence-electron chi connectivity index (χ0n) is 9.50. The molecule has 0 radical (unpaired) electrons. The average Bonchev–Trinajstić information content (AvgIpc) is 2.90. The monoisotopic (exact) mass is 226 g/mol. The van der Waals surface area contributed by atoms with E-state index in [-0.39, 0.29) is 0 Å². The van der Waals surface area contributed by atoms with Crippen LogP contribution in [0.4, 0.5) is 0 Å². The summed E-state index contributed by atoms with van der Waals surface area (Å²) in [4.78, 5) is 0. The molecule has 0 aliphatic carbocycles. The normalized spacial score (nSPS) is 15.6. The maximum absolute atomic E-state index is 4.17. The maximum atomic E-state index is 4.17. The van der Waals surface area contributed by atoms with Crippen molar-refractivity contribution in [3.63, 3.8) is 0 Å². The number of rotatable bonds is 2. The SMILES string of the molecule is C1=C(c2cnnn2-c2ccccc2)CCNC1. The van der Waals surface area contributed by atoms with Gasteiger partial charge < -0.3 is 5.32 Å². The van der Waals surface area contributed by atoms with E-state index in [0.29, 0.717) is 0 Å². The van der Waals surface area contributed by atoms with Crippen molar-refractivity contribution in [3.05, 3.63) is 48.3 Å². The number of nitrogens with one attached hydrogen (secondary N) is 1. The number of benzene rings is 1. The lowest BCUT2D eigenvalue weighted by Gasteiger charge is -2.14. The highest BCUT2D eigenvalue weighted by atomic mass is 15.4. The van der Waals surface area contributed by atoms with Crippen molar-refractivity contribution in [3.8, 4) is 5.69 Å². The highest BCUT2D eigenvalue weighted by molar-refractivity contribution is 5.64. The zero-order valence-corrected chi connectivity index (χ0v) is 9.50. The molecule has 0 unspecified atom stereocenters. The van der Waals surface area contributed by atoms with Crippen LogP contribution in [-0.2, 0) is 0 Å². The van der Waals surface area contributed by atoms with Crippen molar-refractivity contribution in [1.29, 1.82) is 0 Å². The van der Waals surface area contributed by atoms with Gasteiger partial charge in [-0.2, -0.15) is 0 Å². The average molecular weight is 226 g/mol. The third-order valence-corrected chi connectivity index (χ3v) is 2.94. The highest BCUT2D eigenvalue weighted by Crippen LogP contribution is 2.21. The molecule has 2 heterocycles. The van der Waals surface area contributed by atoms with Crippen molar-refractivity contribution >= 4 is 5.57 Å². The van der Waals surface area contributed by atoms with E-state index < -0.39 is 0 Å². The van der Waals surface area contributed by atoms with Gasteiger partial charge in [0.1, 0.15) is 0 Å². The van der Waals surface area contributed by atoms with Gasteiger partial charge >= 0.3 is 0 Å². The van der Waals surface area contributed by atoms with Crippen molar-refractivity contribution in [2.24, 2.45) is 0 Å². The molecule has 1 N–H and O–H groups in total. The van der Waals surface area contributed by atoms with Gasteiger partial charge in [0, 0.05) is 6.54 Å². The Kier molecular flexibility index (Phi) is 2.71. The van der Waals surface area contributed by atoms with E-state index in [1.165, 1.54) is 5.57 Å². The second kappa shape index (κ2) is 4.51. The van der Waals surface area contributed by atoms with Crippen LogP contribution >= 0.6 is 0 Å². The molecule has 1 aliphatic rings. The summed E-state index contributed by atoms with van der Waals surface area (Å²) < 4.78 is 1.90. The van der Waals surface area contributed by atoms with E-state index in [9.17, 15) is 0 Å². The molecule has 2 aromatic rings. The van der Waals surface area contributed by atoms with Crippen LogP contribution in [0.2, 0.25) is 0 Å². The Morgan fingerprint density at radius 3 is 2.82 bits per heavy atom. The molecule has 0 bridgehead atoms. The number of hydrogen-bond donors (Lipinski definition) is 1. The first-order valence-electron chi connectivity index (χ1n) is 5.81. The first kappa shape index (κ1) is 10.2. The molecule has 4 nitrogen and oxygen atoms in total. The maximum Gasteiger partial charge on any atom is 0.0901 e. The largest absolute Gasteiger partial charge is 0.313 e. The van der Waals surface area contributed by atoms with E-state index in [1.807, 2.05) is 41.2 Å². The number of para-hydroxylation sites is 1. The van der Waals surface area contributed by atoms with E-state index >= 15 is 0 Å². The minimum Gasteiger partial charge on any atom is -0.313 e. The van der Waals surface area contributed by atoms with Gasteiger partial charge in [-0.3, -0.25) is 0 Å². The molecule has 0 saturated heterocycles. The lowest BCUT2D eigenvalue weighted by atomic mass is 10.1. The Hall–Kier alpha value is -1.94. The van der Waals surface area contributed by atoms with Gasteiger partial charge in [-0.1, -0.05) is 29.5 Å². The Labute approximate surface area is 100.0 Å². The molecular formula is C13H14N4. The summed E-state index contributed by atoms with van der Waals surface area (Å²) in [5.74, 6) is 0. The number of aromatic nitrogens is 3. The molecule has 0 saturated carbocycles. The van der Waals surface area contributed by atoms with E-state index in [1.54, 1.807) is 0 Å². The van der Waals surface area contributed by atoms with Gasteiger partial charge in [-0.25, -0.2) is 4.68 Å². The standard InChI is InChI=1S/C13H14N4/c1-2-4-12(5-3-1)17-13(10-15-16-17)11-6-8-14-9-7-11/h1-6,10,14H,7-9H2. The van der Waals surface area contributed by atoms with Crippen LogP contribution in [0.1, 0.15) is 12.1 Å². The number of hydrogen-bond acceptors (Lipinski definition) is 3. The molecule has 0 fully saturated rings. The molecule has 0 spiro atoms. The zero-order chi connectivity index (χ0) is 11.5. The first-order chi connectivity index (χ1) is 8.45. The van der Waals surface area contributed by atoms with Crippen LogP contribution in [0.15, 0.2) is 42.6 Å². The van der Waals surface area contributed by atoms with Gasteiger partial charge in [-0.15, -0.1) is 5.10 Å². The quantitative estimate of drug-likeness (QED) is 0.846.